The summed E-state index contributed by atoms with van der Waals surface area (Å²) in [5.74, 6) is 1.22. The molecule has 0 saturated carbocycles. The van der Waals surface area contributed by atoms with Crippen LogP contribution in [-0.2, 0) is 0 Å². The van der Waals surface area contributed by atoms with Gasteiger partial charge in [0, 0.05) is 0 Å². The second-order valence-corrected chi connectivity index (χ2v) is 4.63. The highest BCUT2D eigenvalue weighted by Gasteiger charge is 2.10. The first kappa shape index (κ1) is 12.9. The molecule has 86 valence electrons. The van der Waals surface area contributed by atoms with Crippen LogP contribution in [0, 0.1) is 18.3 Å². The summed E-state index contributed by atoms with van der Waals surface area (Å²) in [6, 6.07) is 8.04. The molecule has 0 spiro atoms. The van der Waals surface area contributed by atoms with Crippen LogP contribution in [-0.4, -0.2) is 12.0 Å². The van der Waals surface area contributed by atoms with Crippen LogP contribution in [0.25, 0.3) is 0 Å². The maximum Gasteiger partial charge on any atom is 0.154 e. The van der Waals surface area contributed by atoms with Gasteiger partial charge in [0.05, 0.1) is 6.07 Å². The second kappa shape index (κ2) is 5.77. The minimum absolute atomic E-state index is 0.223. The number of hydrogen-bond acceptors (Lipinski definition) is 2. The number of nitrogens with zero attached hydrogens (tertiary/aromatic N) is 1. The minimum atomic E-state index is -0.597. The first-order valence-electron chi connectivity index (χ1n) is 5.31. The summed E-state index contributed by atoms with van der Waals surface area (Å²) in [7, 11) is 0. The topological polar surface area (TPSA) is 33.0 Å². The molecule has 0 aliphatic rings. The Balaban J connectivity index is 2.85. The summed E-state index contributed by atoms with van der Waals surface area (Å²) < 4.78 is 5.58. The van der Waals surface area contributed by atoms with Gasteiger partial charge in [0.1, 0.15) is 12.4 Å². The van der Waals surface area contributed by atoms with Crippen molar-refractivity contribution in [1.82, 2.24) is 0 Å². The summed E-state index contributed by atoms with van der Waals surface area (Å²) in [5.41, 5.74) is 2.29. The molecule has 0 amide bonds. The number of ether oxygens (including phenoxy) is 1. The van der Waals surface area contributed by atoms with Crippen LogP contribution >= 0.6 is 11.6 Å². The molecule has 1 atom stereocenters. The minimum Gasteiger partial charge on any atom is -0.491 e. The van der Waals surface area contributed by atoms with E-state index < -0.39 is 5.38 Å². The first-order chi connectivity index (χ1) is 7.54. The Kier molecular flexibility index (Phi) is 4.64. The number of alkyl halides is 1. The maximum atomic E-state index is 8.58. The monoisotopic (exact) mass is 237 g/mol. The lowest BCUT2D eigenvalue weighted by Crippen LogP contribution is -2.10. The van der Waals surface area contributed by atoms with Crippen molar-refractivity contribution in [3.8, 4) is 11.8 Å². The van der Waals surface area contributed by atoms with Gasteiger partial charge in [-0.2, -0.15) is 5.26 Å². The molecule has 0 radical (unpaired) electrons. The van der Waals surface area contributed by atoms with Gasteiger partial charge in [-0.3, -0.25) is 0 Å². The van der Waals surface area contributed by atoms with Crippen molar-refractivity contribution in [3.05, 3.63) is 29.3 Å². The predicted octanol–water partition coefficient (Wildman–Crippen LogP) is 3.63. The van der Waals surface area contributed by atoms with Gasteiger partial charge in [-0.05, 0) is 30.0 Å². The van der Waals surface area contributed by atoms with Gasteiger partial charge >= 0.3 is 0 Å². The van der Waals surface area contributed by atoms with Crippen LogP contribution in [0.15, 0.2) is 18.2 Å². The van der Waals surface area contributed by atoms with Gasteiger partial charge in [-0.25, -0.2) is 0 Å². The number of aryl methyl sites for hydroxylation is 1. The van der Waals surface area contributed by atoms with Crippen molar-refractivity contribution in [2.45, 2.75) is 32.1 Å². The van der Waals surface area contributed by atoms with E-state index in [2.05, 4.69) is 26.0 Å². The lowest BCUT2D eigenvalue weighted by Gasteiger charge is -2.14. The van der Waals surface area contributed by atoms with Crippen LogP contribution in [0.4, 0.5) is 0 Å². The van der Waals surface area contributed by atoms with Crippen molar-refractivity contribution in [2.75, 3.05) is 6.61 Å². The fraction of sp³-hybridized carbons (Fsp3) is 0.462. The molecule has 0 aliphatic heterocycles. The van der Waals surface area contributed by atoms with Crippen LogP contribution in [0.5, 0.6) is 5.75 Å². The number of hydrogen-bond donors (Lipinski definition) is 0. The molecule has 0 fully saturated rings. The van der Waals surface area contributed by atoms with Gasteiger partial charge in [0.2, 0.25) is 0 Å². The number of halogens is 1. The molecule has 0 aliphatic carbocycles. The summed E-state index contributed by atoms with van der Waals surface area (Å²) in [6.45, 7) is 6.46. The van der Waals surface area contributed by atoms with E-state index in [0.717, 1.165) is 16.9 Å². The van der Waals surface area contributed by atoms with E-state index in [-0.39, 0.29) is 6.61 Å². The van der Waals surface area contributed by atoms with Gasteiger partial charge in [-0.15, -0.1) is 11.6 Å². The molecular formula is C13H16ClNO. The third-order valence-electron chi connectivity index (χ3n) is 2.32. The van der Waals surface area contributed by atoms with Crippen LogP contribution in [0.1, 0.15) is 30.9 Å². The molecule has 0 saturated heterocycles. The molecule has 1 aromatic rings. The molecule has 1 rings (SSSR count). The third kappa shape index (κ3) is 3.43. The normalized spacial score (nSPS) is 12.2. The van der Waals surface area contributed by atoms with Crippen LogP contribution in [0.3, 0.4) is 0 Å². The van der Waals surface area contributed by atoms with Crippen molar-refractivity contribution < 1.29 is 4.74 Å². The Labute approximate surface area is 102 Å². The Bertz CT molecular complexity index is 395. The Morgan fingerprint density at radius 3 is 2.69 bits per heavy atom. The van der Waals surface area contributed by atoms with Crippen molar-refractivity contribution in [1.29, 1.82) is 5.26 Å². The molecule has 2 nitrogen and oxygen atoms in total. The third-order valence-corrected chi connectivity index (χ3v) is 2.54. The Hall–Kier alpha value is -1.20. The highest BCUT2D eigenvalue weighted by atomic mass is 35.5. The smallest absolute Gasteiger partial charge is 0.154 e. The fourth-order valence-electron chi connectivity index (χ4n) is 1.44. The zero-order chi connectivity index (χ0) is 12.1. The van der Waals surface area contributed by atoms with E-state index in [4.69, 9.17) is 21.6 Å². The van der Waals surface area contributed by atoms with Crippen LogP contribution < -0.4 is 4.74 Å². The summed E-state index contributed by atoms with van der Waals surface area (Å²) in [4.78, 5) is 0. The molecule has 0 N–H and O–H groups in total. The lowest BCUT2D eigenvalue weighted by molar-refractivity contribution is 0.324. The highest BCUT2D eigenvalue weighted by molar-refractivity contribution is 6.22. The van der Waals surface area contributed by atoms with E-state index in [1.54, 1.807) is 0 Å². The molecule has 0 aromatic heterocycles. The Morgan fingerprint density at radius 2 is 2.12 bits per heavy atom. The fourth-order valence-corrected chi connectivity index (χ4v) is 1.51. The summed E-state index contributed by atoms with van der Waals surface area (Å²) in [5, 5.41) is 7.99. The number of rotatable bonds is 4. The van der Waals surface area contributed by atoms with E-state index in [0.29, 0.717) is 5.92 Å². The second-order valence-electron chi connectivity index (χ2n) is 4.10. The first-order valence-corrected chi connectivity index (χ1v) is 5.75. The predicted molar refractivity (Wildman–Crippen MR) is 66.0 cm³/mol. The van der Waals surface area contributed by atoms with Crippen molar-refractivity contribution in [2.24, 2.45) is 0 Å². The standard InChI is InChI=1S/C13H16ClNO/c1-9(2)12-5-4-10(3)6-13(12)16-8-11(14)7-15/h4-6,9,11H,8H2,1-3H3. The SMILES string of the molecule is Cc1ccc(C(C)C)c(OCC(Cl)C#N)c1. The number of nitriles is 1. The molecule has 1 unspecified atom stereocenters. The highest BCUT2D eigenvalue weighted by Crippen LogP contribution is 2.27. The van der Waals surface area contributed by atoms with Gasteiger partial charge < -0.3 is 4.74 Å². The molecule has 16 heavy (non-hydrogen) atoms. The average molecular weight is 238 g/mol. The van der Waals surface area contributed by atoms with E-state index in [9.17, 15) is 0 Å². The maximum absolute atomic E-state index is 8.58. The molecule has 1 aromatic carbocycles. The van der Waals surface area contributed by atoms with E-state index in [1.807, 2.05) is 19.1 Å². The quantitative estimate of drug-likeness (QED) is 0.750. The zero-order valence-electron chi connectivity index (χ0n) is 9.83. The van der Waals surface area contributed by atoms with E-state index in [1.165, 1.54) is 0 Å². The molecule has 0 bridgehead atoms. The lowest BCUT2D eigenvalue weighted by atomic mass is 10.0. The molecular weight excluding hydrogens is 222 g/mol. The van der Waals surface area contributed by atoms with Crippen LogP contribution in [0.2, 0.25) is 0 Å². The number of benzene rings is 1. The summed E-state index contributed by atoms with van der Waals surface area (Å²) >= 11 is 5.70. The van der Waals surface area contributed by atoms with Gasteiger partial charge in [-0.1, -0.05) is 26.0 Å². The van der Waals surface area contributed by atoms with Gasteiger partial charge in [0.25, 0.3) is 0 Å². The van der Waals surface area contributed by atoms with Crippen molar-refractivity contribution >= 4 is 11.6 Å². The molecule has 3 heteroatoms. The average Bonchev–Trinajstić information content (AvgIpc) is 2.25. The molecule has 0 heterocycles. The van der Waals surface area contributed by atoms with Crippen molar-refractivity contribution in [3.63, 3.8) is 0 Å². The summed E-state index contributed by atoms with van der Waals surface area (Å²) in [6.07, 6.45) is 0. The Morgan fingerprint density at radius 1 is 1.44 bits per heavy atom. The zero-order valence-corrected chi connectivity index (χ0v) is 10.6. The largest absolute Gasteiger partial charge is 0.491 e. The van der Waals surface area contributed by atoms with E-state index >= 15 is 0 Å². The van der Waals surface area contributed by atoms with Gasteiger partial charge in [0.15, 0.2) is 5.38 Å².